The summed E-state index contributed by atoms with van der Waals surface area (Å²) in [5, 5.41) is 20.3. The molecule has 2 aromatic rings. The fourth-order valence-corrected chi connectivity index (χ4v) is 2.81. The number of aromatic amines is 1. The lowest BCUT2D eigenvalue weighted by Gasteiger charge is -2.30. The van der Waals surface area contributed by atoms with E-state index in [9.17, 15) is 5.11 Å². The highest BCUT2D eigenvalue weighted by atomic mass is 16.3. The second-order valence-electron chi connectivity index (χ2n) is 5.49. The molecular formula is C15H21N5O. The van der Waals surface area contributed by atoms with Crippen LogP contribution in [-0.4, -0.2) is 47.0 Å². The molecule has 112 valence electrons. The van der Waals surface area contributed by atoms with E-state index in [2.05, 4.69) is 25.4 Å². The molecule has 1 fully saturated rings. The molecule has 1 aliphatic heterocycles. The van der Waals surface area contributed by atoms with Gasteiger partial charge >= 0.3 is 0 Å². The van der Waals surface area contributed by atoms with Gasteiger partial charge in [0.1, 0.15) is 5.75 Å². The largest absolute Gasteiger partial charge is 0.507 e. The Labute approximate surface area is 124 Å². The van der Waals surface area contributed by atoms with Gasteiger partial charge in [-0.2, -0.15) is 4.98 Å². The molecule has 0 saturated carbocycles. The summed E-state index contributed by atoms with van der Waals surface area (Å²) in [7, 11) is 2.00. The van der Waals surface area contributed by atoms with Crippen LogP contribution < -0.4 is 10.2 Å². The monoisotopic (exact) mass is 287 g/mol. The summed E-state index contributed by atoms with van der Waals surface area (Å²) in [6, 6.07) is 7.16. The Morgan fingerprint density at radius 3 is 2.81 bits per heavy atom. The Hall–Kier alpha value is -2.08. The first kappa shape index (κ1) is 13.9. The molecule has 1 aromatic carbocycles. The number of nitrogens with one attached hydrogen (secondary N) is 2. The number of nitrogens with zero attached hydrogens (tertiary/aromatic N) is 3. The number of para-hydroxylation sites is 1. The first-order chi connectivity index (χ1) is 10.3. The lowest BCUT2D eigenvalue weighted by Crippen LogP contribution is -2.37. The van der Waals surface area contributed by atoms with Crippen LogP contribution >= 0.6 is 0 Å². The fourth-order valence-electron chi connectivity index (χ4n) is 2.81. The molecule has 1 aromatic heterocycles. The summed E-state index contributed by atoms with van der Waals surface area (Å²) in [6.07, 6.45) is 2.31. The second kappa shape index (κ2) is 6.13. The molecule has 6 heteroatoms. The van der Waals surface area contributed by atoms with E-state index in [-0.39, 0.29) is 5.75 Å². The Bertz CT molecular complexity index is 589. The number of piperidine rings is 1. The summed E-state index contributed by atoms with van der Waals surface area (Å²) < 4.78 is 0. The number of rotatable bonds is 4. The summed E-state index contributed by atoms with van der Waals surface area (Å²) in [4.78, 5) is 6.72. The molecule has 0 aliphatic carbocycles. The zero-order valence-electron chi connectivity index (χ0n) is 12.2. The highest BCUT2D eigenvalue weighted by Gasteiger charge is 2.21. The van der Waals surface area contributed by atoms with Crippen molar-refractivity contribution in [3.05, 3.63) is 24.3 Å². The van der Waals surface area contributed by atoms with Crippen LogP contribution in [-0.2, 0) is 0 Å². The van der Waals surface area contributed by atoms with Gasteiger partial charge in [0.15, 0.2) is 5.82 Å². The maximum Gasteiger partial charge on any atom is 0.245 e. The van der Waals surface area contributed by atoms with E-state index in [1.807, 2.05) is 19.2 Å². The van der Waals surface area contributed by atoms with Gasteiger partial charge < -0.3 is 15.3 Å². The van der Waals surface area contributed by atoms with Crippen molar-refractivity contribution in [2.24, 2.45) is 5.92 Å². The lowest BCUT2D eigenvalue weighted by atomic mass is 9.97. The normalized spacial score (nSPS) is 16.3. The SMILES string of the molecule is CNCC1CCN(c2n[nH]c(-c3ccccc3O)n2)CC1. The molecule has 0 spiro atoms. The Balaban J connectivity index is 1.70. The predicted octanol–water partition coefficient (Wildman–Crippen LogP) is 1.61. The number of benzene rings is 1. The van der Waals surface area contributed by atoms with E-state index < -0.39 is 0 Å². The van der Waals surface area contributed by atoms with Crippen LogP contribution in [0.15, 0.2) is 24.3 Å². The zero-order valence-corrected chi connectivity index (χ0v) is 12.2. The van der Waals surface area contributed by atoms with Gasteiger partial charge in [0.05, 0.1) is 5.56 Å². The number of anilines is 1. The average Bonchev–Trinajstić information content (AvgIpc) is 2.98. The molecule has 3 rings (SSSR count). The van der Waals surface area contributed by atoms with Gasteiger partial charge in [-0.1, -0.05) is 12.1 Å². The maximum atomic E-state index is 9.87. The van der Waals surface area contributed by atoms with E-state index in [0.717, 1.165) is 44.3 Å². The van der Waals surface area contributed by atoms with Crippen molar-refractivity contribution < 1.29 is 5.11 Å². The number of hydrogen-bond acceptors (Lipinski definition) is 5. The second-order valence-corrected chi connectivity index (χ2v) is 5.49. The third-order valence-electron chi connectivity index (χ3n) is 4.02. The van der Waals surface area contributed by atoms with Crippen molar-refractivity contribution in [1.82, 2.24) is 20.5 Å². The molecule has 0 bridgehead atoms. The van der Waals surface area contributed by atoms with Crippen molar-refractivity contribution in [1.29, 1.82) is 0 Å². The number of aromatic nitrogens is 3. The first-order valence-corrected chi connectivity index (χ1v) is 7.38. The van der Waals surface area contributed by atoms with E-state index in [0.29, 0.717) is 11.4 Å². The number of aromatic hydroxyl groups is 1. The van der Waals surface area contributed by atoms with Crippen LogP contribution in [0.5, 0.6) is 5.75 Å². The van der Waals surface area contributed by atoms with Crippen LogP contribution in [0, 0.1) is 5.92 Å². The number of phenolic OH excluding ortho intramolecular Hbond substituents is 1. The minimum Gasteiger partial charge on any atom is -0.507 e. The highest BCUT2D eigenvalue weighted by Crippen LogP contribution is 2.27. The van der Waals surface area contributed by atoms with Gasteiger partial charge in [-0.25, -0.2) is 0 Å². The summed E-state index contributed by atoms with van der Waals surface area (Å²) >= 11 is 0. The van der Waals surface area contributed by atoms with Crippen LogP contribution in [0.1, 0.15) is 12.8 Å². The summed E-state index contributed by atoms with van der Waals surface area (Å²) in [6.45, 7) is 3.03. The third-order valence-corrected chi connectivity index (χ3v) is 4.02. The summed E-state index contributed by atoms with van der Waals surface area (Å²) in [5.74, 6) is 2.28. The van der Waals surface area contributed by atoms with Crippen molar-refractivity contribution in [2.75, 3.05) is 31.6 Å². The smallest absolute Gasteiger partial charge is 0.245 e. The van der Waals surface area contributed by atoms with Crippen molar-refractivity contribution in [3.8, 4) is 17.1 Å². The van der Waals surface area contributed by atoms with Gasteiger partial charge in [0, 0.05) is 13.1 Å². The zero-order chi connectivity index (χ0) is 14.7. The average molecular weight is 287 g/mol. The Morgan fingerprint density at radius 2 is 2.10 bits per heavy atom. The molecule has 6 nitrogen and oxygen atoms in total. The van der Waals surface area contributed by atoms with Gasteiger partial charge in [-0.15, -0.1) is 5.10 Å². The molecule has 0 atom stereocenters. The van der Waals surface area contributed by atoms with Crippen molar-refractivity contribution in [3.63, 3.8) is 0 Å². The van der Waals surface area contributed by atoms with E-state index in [1.54, 1.807) is 12.1 Å². The van der Waals surface area contributed by atoms with Gasteiger partial charge in [-0.3, -0.25) is 5.10 Å². The molecule has 0 amide bonds. The standard InChI is InChI=1S/C15H21N5O/c1-16-10-11-6-8-20(9-7-11)15-17-14(18-19-15)12-4-2-3-5-13(12)21/h2-5,11,16,21H,6-10H2,1H3,(H,17,18,19). The van der Waals surface area contributed by atoms with Gasteiger partial charge in [-0.05, 0) is 44.5 Å². The van der Waals surface area contributed by atoms with Gasteiger partial charge in [0.25, 0.3) is 0 Å². The number of H-pyrrole nitrogens is 1. The quantitative estimate of drug-likeness (QED) is 0.796. The van der Waals surface area contributed by atoms with Crippen LogP contribution in [0.3, 0.4) is 0 Å². The van der Waals surface area contributed by atoms with Crippen LogP contribution in [0.2, 0.25) is 0 Å². The van der Waals surface area contributed by atoms with Crippen molar-refractivity contribution in [2.45, 2.75) is 12.8 Å². The van der Waals surface area contributed by atoms with Crippen LogP contribution in [0.4, 0.5) is 5.95 Å². The molecule has 3 N–H and O–H groups in total. The predicted molar refractivity (Wildman–Crippen MR) is 82.3 cm³/mol. The first-order valence-electron chi connectivity index (χ1n) is 7.38. The highest BCUT2D eigenvalue weighted by molar-refractivity contribution is 5.64. The number of phenols is 1. The van der Waals surface area contributed by atoms with E-state index in [1.165, 1.54) is 0 Å². The van der Waals surface area contributed by atoms with Crippen molar-refractivity contribution >= 4 is 5.95 Å². The topological polar surface area (TPSA) is 77.1 Å². The van der Waals surface area contributed by atoms with E-state index >= 15 is 0 Å². The maximum absolute atomic E-state index is 9.87. The third kappa shape index (κ3) is 3.00. The molecule has 0 unspecified atom stereocenters. The molecule has 2 heterocycles. The molecule has 21 heavy (non-hydrogen) atoms. The molecular weight excluding hydrogens is 266 g/mol. The minimum absolute atomic E-state index is 0.216. The Morgan fingerprint density at radius 1 is 1.33 bits per heavy atom. The van der Waals surface area contributed by atoms with E-state index in [4.69, 9.17) is 0 Å². The molecule has 1 aliphatic rings. The molecule has 1 saturated heterocycles. The summed E-state index contributed by atoms with van der Waals surface area (Å²) in [5.41, 5.74) is 0.682. The Kier molecular flexibility index (Phi) is 4.06. The van der Waals surface area contributed by atoms with Gasteiger partial charge in [0.2, 0.25) is 5.95 Å². The fraction of sp³-hybridized carbons (Fsp3) is 0.467. The van der Waals surface area contributed by atoms with Crippen LogP contribution in [0.25, 0.3) is 11.4 Å². The minimum atomic E-state index is 0.216. The number of hydrogen-bond donors (Lipinski definition) is 3. The lowest BCUT2D eigenvalue weighted by molar-refractivity contribution is 0.391. The molecule has 0 radical (unpaired) electrons.